The average Bonchev–Trinajstić information content (AvgIpc) is 3.14. The molecule has 0 aliphatic carbocycles. The van der Waals surface area contributed by atoms with Gasteiger partial charge in [-0.3, -0.25) is 0 Å². The molecule has 0 aliphatic heterocycles. The van der Waals surface area contributed by atoms with E-state index < -0.39 is 15.8 Å². The van der Waals surface area contributed by atoms with Crippen LogP contribution in [0.3, 0.4) is 0 Å². The minimum atomic E-state index is -3.89. The zero-order chi connectivity index (χ0) is 18.7. The van der Waals surface area contributed by atoms with Crippen molar-refractivity contribution in [3.05, 3.63) is 66.4 Å². The number of rotatable bonds is 5. The number of hydrogen-bond acceptors (Lipinski definition) is 6. The lowest BCUT2D eigenvalue weighted by Gasteiger charge is -2.09. The van der Waals surface area contributed by atoms with E-state index >= 15 is 0 Å². The molecule has 1 aromatic heterocycles. The molecule has 0 unspecified atom stereocenters. The highest BCUT2D eigenvalue weighted by Crippen LogP contribution is 2.25. The number of nitrogens with zero attached hydrogens (tertiary/aromatic N) is 2. The van der Waals surface area contributed by atoms with Gasteiger partial charge in [0, 0.05) is 6.07 Å². The van der Waals surface area contributed by atoms with Crippen molar-refractivity contribution in [2.45, 2.75) is 9.92 Å². The first-order valence-electron chi connectivity index (χ1n) is 7.60. The third kappa shape index (κ3) is 3.18. The van der Waals surface area contributed by atoms with Gasteiger partial charge in [0.15, 0.2) is 10.7 Å². The number of carbonyl (C=O) groups is 1. The zero-order valence-electron chi connectivity index (χ0n) is 14.1. The molecule has 7 nitrogen and oxygen atoms in total. The first-order chi connectivity index (χ1) is 12.5. The van der Waals surface area contributed by atoms with Gasteiger partial charge >= 0.3 is 5.97 Å². The van der Waals surface area contributed by atoms with Crippen molar-refractivity contribution in [1.82, 2.24) is 9.78 Å². The molecule has 0 N–H and O–H groups in total. The molecule has 26 heavy (non-hydrogen) atoms. The van der Waals surface area contributed by atoms with Gasteiger partial charge in [0.05, 0.1) is 24.8 Å². The van der Waals surface area contributed by atoms with Gasteiger partial charge in [-0.2, -0.15) is 5.10 Å². The van der Waals surface area contributed by atoms with Crippen molar-refractivity contribution in [1.29, 1.82) is 0 Å². The molecule has 3 aromatic rings. The van der Waals surface area contributed by atoms with E-state index in [1.54, 1.807) is 42.5 Å². The fourth-order valence-electron chi connectivity index (χ4n) is 2.39. The van der Waals surface area contributed by atoms with Gasteiger partial charge in [0.2, 0.25) is 9.84 Å². The van der Waals surface area contributed by atoms with E-state index in [0.29, 0.717) is 11.4 Å². The molecular weight excluding hydrogens is 356 g/mol. The van der Waals surface area contributed by atoms with Gasteiger partial charge in [-0.1, -0.05) is 18.2 Å². The number of aromatic nitrogens is 2. The third-order valence-corrected chi connectivity index (χ3v) is 5.45. The molecule has 134 valence electrons. The maximum absolute atomic E-state index is 13.0. The van der Waals surface area contributed by atoms with Crippen LogP contribution >= 0.6 is 0 Å². The maximum Gasteiger partial charge on any atom is 0.358 e. The quantitative estimate of drug-likeness (QED) is 0.640. The van der Waals surface area contributed by atoms with E-state index in [0.717, 1.165) is 0 Å². The minimum Gasteiger partial charge on any atom is -0.497 e. The van der Waals surface area contributed by atoms with Crippen LogP contribution in [0.5, 0.6) is 5.75 Å². The number of ether oxygens (including phenoxy) is 2. The number of benzene rings is 2. The normalized spacial score (nSPS) is 11.2. The Balaban J connectivity index is 2.20. The predicted octanol–water partition coefficient (Wildman–Crippen LogP) is 2.50. The highest BCUT2D eigenvalue weighted by atomic mass is 32.2. The summed E-state index contributed by atoms with van der Waals surface area (Å²) in [6, 6.07) is 15.8. The van der Waals surface area contributed by atoms with Crippen LogP contribution in [0.1, 0.15) is 10.5 Å². The standard InChI is InChI=1S/C18H16N2O5S/c1-24-14-10-8-13(9-11-14)20-17(12-16(19-20)18(21)25-2)26(22,23)15-6-4-3-5-7-15/h3-12H,1-2H3. The summed E-state index contributed by atoms with van der Waals surface area (Å²) in [4.78, 5) is 12.0. The Hall–Kier alpha value is -3.13. The number of hydrogen-bond donors (Lipinski definition) is 0. The van der Waals surface area contributed by atoms with E-state index in [4.69, 9.17) is 4.74 Å². The van der Waals surface area contributed by atoms with Crippen LogP contribution in [0.15, 0.2) is 70.6 Å². The van der Waals surface area contributed by atoms with Gasteiger partial charge in [0.1, 0.15) is 5.75 Å². The summed E-state index contributed by atoms with van der Waals surface area (Å²) < 4.78 is 37.1. The first-order valence-corrected chi connectivity index (χ1v) is 9.08. The lowest BCUT2D eigenvalue weighted by atomic mass is 10.3. The third-order valence-electron chi connectivity index (χ3n) is 3.72. The van der Waals surface area contributed by atoms with Crippen LogP contribution in [0, 0.1) is 0 Å². The van der Waals surface area contributed by atoms with Crippen molar-refractivity contribution in [2.24, 2.45) is 0 Å². The Kier molecular flexibility index (Phi) is 4.77. The molecule has 0 aliphatic rings. The van der Waals surface area contributed by atoms with Crippen molar-refractivity contribution < 1.29 is 22.7 Å². The second-order valence-corrected chi connectivity index (χ2v) is 7.18. The van der Waals surface area contributed by atoms with Gasteiger partial charge in [0.25, 0.3) is 0 Å². The summed E-state index contributed by atoms with van der Waals surface area (Å²) in [5.41, 5.74) is 0.369. The fraction of sp³-hybridized carbons (Fsp3) is 0.111. The molecule has 0 fully saturated rings. The molecule has 0 radical (unpaired) electrons. The highest BCUT2D eigenvalue weighted by molar-refractivity contribution is 7.91. The topological polar surface area (TPSA) is 87.5 Å². The number of esters is 1. The smallest absolute Gasteiger partial charge is 0.358 e. The molecule has 0 bridgehead atoms. The molecule has 2 aromatic carbocycles. The number of sulfone groups is 1. The lowest BCUT2D eigenvalue weighted by Crippen LogP contribution is -2.10. The van der Waals surface area contributed by atoms with E-state index in [-0.39, 0.29) is 15.6 Å². The van der Waals surface area contributed by atoms with Gasteiger partial charge in [-0.25, -0.2) is 17.9 Å². The van der Waals surface area contributed by atoms with Crippen LogP contribution in [0.25, 0.3) is 5.69 Å². The number of carbonyl (C=O) groups excluding carboxylic acids is 1. The van der Waals surface area contributed by atoms with E-state index in [1.165, 1.54) is 37.1 Å². The Morgan fingerprint density at radius 2 is 1.65 bits per heavy atom. The summed E-state index contributed by atoms with van der Waals surface area (Å²) >= 11 is 0. The monoisotopic (exact) mass is 372 g/mol. The maximum atomic E-state index is 13.0. The molecule has 1 heterocycles. The molecule has 0 amide bonds. The minimum absolute atomic E-state index is 0.0992. The largest absolute Gasteiger partial charge is 0.497 e. The fourth-order valence-corrected chi connectivity index (χ4v) is 3.79. The summed E-state index contributed by atoms with van der Waals surface area (Å²) in [6.07, 6.45) is 0. The summed E-state index contributed by atoms with van der Waals surface area (Å²) in [6.45, 7) is 0. The predicted molar refractivity (Wildman–Crippen MR) is 93.3 cm³/mol. The Morgan fingerprint density at radius 1 is 1.00 bits per heavy atom. The van der Waals surface area contributed by atoms with E-state index in [2.05, 4.69) is 9.84 Å². The van der Waals surface area contributed by atoms with Crippen molar-refractivity contribution >= 4 is 15.8 Å². The summed E-state index contributed by atoms with van der Waals surface area (Å²) in [7, 11) is -1.15. The SMILES string of the molecule is COC(=O)c1cc(S(=O)(=O)c2ccccc2)n(-c2ccc(OC)cc2)n1. The summed E-state index contributed by atoms with van der Waals surface area (Å²) in [5, 5.41) is 3.99. The van der Waals surface area contributed by atoms with E-state index in [9.17, 15) is 13.2 Å². The molecule has 3 rings (SSSR count). The molecule has 8 heteroatoms. The van der Waals surface area contributed by atoms with Crippen LogP contribution in [-0.4, -0.2) is 38.4 Å². The molecule has 0 saturated heterocycles. The highest BCUT2D eigenvalue weighted by Gasteiger charge is 2.27. The Bertz CT molecular complexity index is 1030. The molecular formula is C18H16N2O5S. The molecule has 0 atom stereocenters. The van der Waals surface area contributed by atoms with Crippen molar-refractivity contribution in [2.75, 3.05) is 14.2 Å². The second-order valence-electron chi connectivity index (χ2n) is 5.29. The van der Waals surface area contributed by atoms with Crippen molar-refractivity contribution in [3.8, 4) is 11.4 Å². The molecule has 0 saturated carbocycles. The number of methoxy groups -OCH3 is 2. The van der Waals surface area contributed by atoms with Crippen LogP contribution in [0.2, 0.25) is 0 Å². The van der Waals surface area contributed by atoms with Crippen LogP contribution < -0.4 is 4.74 Å². The Labute approximate surface area is 150 Å². The lowest BCUT2D eigenvalue weighted by molar-refractivity contribution is 0.0593. The average molecular weight is 372 g/mol. The van der Waals surface area contributed by atoms with Gasteiger partial charge in [-0.05, 0) is 36.4 Å². The molecule has 0 spiro atoms. The van der Waals surface area contributed by atoms with Gasteiger partial charge in [-0.15, -0.1) is 0 Å². The van der Waals surface area contributed by atoms with Gasteiger partial charge < -0.3 is 9.47 Å². The van der Waals surface area contributed by atoms with Crippen molar-refractivity contribution in [3.63, 3.8) is 0 Å². The Morgan fingerprint density at radius 3 is 2.23 bits per heavy atom. The zero-order valence-corrected chi connectivity index (χ0v) is 14.9. The second kappa shape index (κ2) is 7.01. The van der Waals surface area contributed by atoms with Crippen LogP contribution in [0.4, 0.5) is 0 Å². The first kappa shape index (κ1) is 17.7. The summed E-state index contributed by atoms with van der Waals surface area (Å²) in [5.74, 6) is -0.108. The van der Waals surface area contributed by atoms with Crippen LogP contribution in [-0.2, 0) is 14.6 Å². The van der Waals surface area contributed by atoms with E-state index in [1.807, 2.05) is 0 Å².